The maximum Gasteiger partial charge on any atom is 0.244 e. The molecule has 0 saturated carbocycles. The summed E-state index contributed by atoms with van der Waals surface area (Å²) < 4.78 is 26.8. The Bertz CT molecular complexity index is 1340. The summed E-state index contributed by atoms with van der Waals surface area (Å²) in [5.74, 6) is -0.714. The van der Waals surface area contributed by atoms with Crippen LogP contribution in [0.2, 0.25) is 0 Å². The third kappa shape index (κ3) is 8.68. The lowest BCUT2D eigenvalue weighted by Gasteiger charge is -2.33. The van der Waals surface area contributed by atoms with Crippen LogP contribution in [-0.2, 0) is 39.0 Å². The number of rotatable bonds is 13. The summed E-state index contributed by atoms with van der Waals surface area (Å²) in [7, 11) is -3.78. The Morgan fingerprint density at radius 3 is 2.13 bits per heavy atom. The highest BCUT2D eigenvalue weighted by atomic mass is 32.2. The van der Waals surface area contributed by atoms with Crippen molar-refractivity contribution in [2.24, 2.45) is 0 Å². The van der Waals surface area contributed by atoms with Crippen LogP contribution < -0.4 is 9.62 Å². The van der Waals surface area contributed by atoms with Crippen molar-refractivity contribution in [3.63, 3.8) is 0 Å². The van der Waals surface area contributed by atoms with Crippen molar-refractivity contribution in [1.82, 2.24) is 10.2 Å². The number of nitrogens with one attached hydrogen (secondary N) is 1. The number of carbonyl (C=O) groups excluding carboxylic acids is 2. The van der Waals surface area contributed by atoms with Crippen molar-refractivity contribution in [1.29, 1.82) is 0 Å². The van der Waals surface area contributed by atoms with Gasteiger partial charge in [-0.3, -0.25) is 13.9 Å². The second kappa shape index (κ2) is 13.9. The van der Waals surface area contributed by atoms with Crippen LogP contribution in [0.15, 0.2) is 78.9 Å². The van der Waals surface area contributed by atoms with E-state index in [1.54, 1.807) is 12.1 Å². The molecule has 3 aromatic carbocycles. The zero-order valence-corrected chi connectivity index (χ0v) is 24.1. The Kier molecular flexibility index (Phi) is 10.7. The Hall–Kier alpha value is -3.65. The number of carbonyl (C=O) groups is 2. The normalized spacial score (nSPS) is 12.0. The molecule has 0 aliphatic heterocycles. The summed E-state index contributed by atoms with van der Waals surface area (Å²) in [6.07, 6.45) is 2.97. The average Bonchev–Trinajstić information content (AvgIpc) is 2.92. The van der Waals surface area contributed by atoms with Crippen molar-refractivity contribution in [2.45, 2.75) is 52.6 Å². The highest BCUT2D eigenvalue weighted by Crippen LogP contribution is 2.21. The van der Waals surface area contributed by atoms with Crippen molar-refractivity contribution >= 4 is 27.5 Å². The zero-order valence-electron chi connectivity index (χ0n) is 23.3. The lowest BCUT2D eigenvalue weighted by atomic mass is 10.0. The molecule has 1 N–H and O–H groups in total. The molecule has 8 heteroatoms. The van der Waals surface area contributed by atoms with Crippen LogP contribution in [0.3, 0.4) is 0 Å². The summed E-state index contributed by atoms with van der Waals surface area (Å²) in [6, 6.07) is 23.6. The van der Waals surface area contributed by atoms with Crippen LogP contribution in [-0.4, -0.2) is 50.5 Å². The molecule has 0 heterocycles. The van der Waals surface area contributed by atoms with Gasteiger partial charge in [0.15, 0.2) is 0 Å². The average molecular weight is 550 g/mol. The molecule has 1 atom stereocenters. The summed E-state index contributed by atoms with van der Waals surface area (Å²) in [5, 5.41) is 2.95. The molecule has 0 radical (unpaired) electrons. The first-order valence-corrected chi connectivity index (χ1v) is 15.2. The van der Waals surface area contributed by atoms with Gasteiger partial charge in [0.05, 0.1) is 11.9 Å². The quantitative estimate of drug-likeness (QED) is 0.340. The van der Waals surface area contributed by atoms with E-state index < -0.39 is 28.5 Å². The first-order chi connectivity index (χ1) is 18.6. The molecule has 0 fully saturated rings. The van der Waals surface area contributed by atoms with E-state index in [4.69, 9.17) is 0 Å². The second-order valence-electron chi connectivity index (χ2n) is 9.80. The maximum atomic E-state index is 14.0. The topological polar surface area (TPSA) is 86.8 Å². The van der Waals surface area contributed by atoms with Gasteiger partial charge < -0.3 is 10.2 Å². The maximum absolute atomic E-state index is 14.0. The molecule has 0 bridgehead atoms. The molecule has 3 rings (SSSR count). The van der Waals surface area contributed by atoms with E-state index in [1.165, 1.54) is 4.90 Å². The summed E-state index contributed by atoms with van der Waals surface area (Å²) in [4.78, 5) is 29.1. The van der Waals surface area contributed by atoms with Gasteiger partial charge in [0, 0.05) is 19.5 Å². The van der Waals surface area contributed by atoms with E-state index in [0.29, 0.717) is 18.7 Å². The number of hydrogen-bond donors (Lipinski definition) is 1. The van der Waals surface area contributed by atoms with E-state index in [9.17, 15) is 18.0 Å². The zero-order chi connectivity index (χ0) is 28.4. The number of nitrogens with zero attached hydrogens (tertiary/aromatic N) is 2. The van der Waals surface area contributed by atoms with Crippen LogP contribution in [0.1, 0.15) is 42.5 Å². The molecule has 0 aliphatic carbocycles. The van der Waals surface area contributed by atoms with E-state index in [-0.39, 0.29) is 12.5 Å². The fourth-order valence-electron chi connectivity index (χ4n) is 4.44. The predicted octanol–water partition coefficient (Wildman–Crippen LogP) is 4.49. The van der Waals surface area contributed by atoms with E-state index in [1.807, 2.05) is 87.5 Å². The molecular weight excluding hydrogens is 510 g/mol. The number of amides is 2. The van der Waals surface area contributed by atoms with Crippen molar-refractivity contribution in [2.75, 3.05) is 23.7 Å². The Morgan fingerprint density at radius 2 is 1.54 bits per heavy atom. The van der Waals surface area contributed by atoms with Gasteiger partial charge in [-0.15, -0.1) is 0 Å². The highest BCUT2D eigenvalue weighted by molar-refractivity contribution is 7.92. The minimum absolute atomic E-state index is 0.171. The summed E-state index contributed by atoms with van der Waals surface area (Å²) >= 11 is 0. The number of anilines is 1. The van der Waals surface area contributed by atoms with Crippen molar-refractivity contribution in [3.05, 3.63) is 101 Å². The first-order valence-electron chi connectivity index (χ1n) is 13.4. The number of aryl methyl sites for hydroxylation is 2. The molecule has 0 saturated heterocycles. The first kappa shape index (κ1) is 29.9. The summed E-state index contributed by atoms with van der Waals surface area (Å²) in [5.41, 5.74) is 4.28. The number of benzene rings is 3. The smallest absolute Gasteiger partial charge is 0.244 e. The molecule has 7 nitrogen and oxygen atoms in total. The minimum atomic E-state index is -3.78. The minimum Gasteiger partial charge on any atom is -0.354 e. The summed E-state index contributed by atoms with van der Waals surface area (Å²) in [6.45, 7) is 6.20. The molecule has 2 amide bonds. The number of sulfonamides is 1. The third-order valence-electron chi connectivity index (χ3n) is 6.57. The third-order valence-corrected chi connectivity index (χ3v) is 7.71. The van der Waals surface area contributed by atoms with Gasteiger partial charge in [0.1, 0.15) is 12.6 Å². The fraction of sp³-hybridized carbons (Fsp3) is 0.355. The van der Waals surface area contributed by atoms with Gasteiger partial charge in [-0.05, 0) is 48.6 Å². The van der Waals surface area contributed by atoms with Gasteiger partial charge in [-0.2, -0.15) is 0 Å². The van der Waals surface area contributed by atoms with E-state index >= 15 is 0 Å². The van der Waals surface area contributed by atoms with Crippen LogP contribution >= 0.6 is 0 Å². The lowest BCUT2D eigenvalue weighted by molar-refractivity contribution is -0.140. The van der Waals surface area contributed by atoms with E-state index in [2.05, 4.69) is 5.32 Å². The molecule has 0 unspecified atom stereocenters. The molecule has 3 aromatic rings. The van der Waals surface area contributed by atoms with Gasteiger partial charge in [-0.25, -0.2) is 8.42 Å². The van der Waals surface area contributed by atoms with Gasteiger partial charge in [-0.1, -0.05) is 86.1 Å². The Morgan fingerprint density at radius 1 is 0.872 bits per heavy atom. The lowest BCUT2D eigenvalue weighted by Crippen LogP contribution is -2.53. The van der Waals surface area contributed by atoms with Gasteiger partial charge in [0.2, 0.25) is 21.8 Å². The standard InChI is InChI=1S/C31H39N3O4S/c1-5-19-32-31(36)29(21-26-12-8-7-9-13-26)33(22-27-14-10-11-24(3)20-27)30(35)23-34(39(4,37)38)28-17-15-25(6-2)16-18-28/h7-18,20,29H,5-6,19,21-23H2,1-4H3,(H,32,36)/t29-/m0/s1. The second-order valence-corrected chi connectivity index (χ2v) is 11.7. The molecule has 0 aliphatic rings. The monoisotopic (exact) mass is 549 g/mol. The molecule has 39 heavy (non-hydrogen) atoms. The van der Waals surface area contributed by atoms with Crippen LogP contribution in [0.4, 0.5) is 5.69 Å². The van der Waals surface area contributed by atoms with Gasteiger partial charge in [0.25, 0.3) is 0 Å². The van der Waals surface area contributed by atoms with Crippen LogP contribution in [0.25, 0.3) is 0 Å². The SMILES string of the molecule is CCCNC(=O)[C@H](Cc1ccccc1)N(Cc1cccc(C)c1)C(=O)CN(c1ccc(CC)cc1)S(C)(=O)=O. The van der Waals surface area contributed by atoms with Crippen molar-refractivity contribution < 1.29 is 18.0 Å². The number of hydrogen-bond acceptors (Lipinski definition) is 4. The van der Waals surface area contributed by atoms with E-state index in [0.717, 1.165) is 45.7 Å². The molecule has 0 aromatic heterocycles. The van der Waals surface area contributed by atoms with Crippen LogP contribution in [0.5, 0.6) is 0 Å². The highest BCUT2D eigenvalue weighted by Gasteiger charge is 2.32. The predicted molar refractivity (Wildman–Crippen MR) is 157 cm³/mol. The Balaban J connectivity index is 2.03. The molecule has 0 spiro atoms. The molecule has 208 valence electrons. The fourth-order valence-corrected chi connectivity index (χ4v) is 5.29. The van der Waals surface area contributed by atoms with Gasteiger partial charge >= 0.3 is 0 Å². The molecular formula is C31H39N3O4S. The Labute approximate surface area is 232 Å². The largest absolute Gasteiger partial charge is 0.354 e. The van der Waals surface area contributed by atoms with Crippen molar-refractivity contribution in [3.8, 4) is 0 Å². The van der Waals surface area contributed by atoms with Crippen LogP contribution in [0, 0.1) is 6.92 Å².